The fraction of sp³-hybridized carbons (Fsp3) is 0.471. The highest BCUT2D eigenvalue weighted by Crippen LogP contribution is 2.49. The SMILES string of the molecule is COc1cc(Br)c([C@@]23C=CC(=O)C[C@@H]2N(C)CC3)cc1OC. The summed E-state index contributed by atoms with van der Waals surface area (Å²) in [5.41, 5.74) is 1.00. The van der Waals surface area contributed by atoms with Crippen LogP contribution < -0.4 is 9.47 Å². The van der Waals surface area contributed by atoms with Crippen molar-refractivity contribution in [3.05, 3.63) is 34.3 Å². The molecule has 22 heavy (non-hydrogen) atoms. The molecule has 1 saturated heterocycles. The van der Waals surface area contributed by atoms with E-state index in [1.165, 1.54) is 0 Å². The molecule has 1 aliphatic carbocycles. The average Bonchev–Trinajstić information content (AvgIpc) is 2.85. The number of fused-ring (bicyclic) bond motifs is 1. The number of hydrogen-bond donors (Lipinski definition) is 0. The van der Waals surface area contributed by atoms with Gasteiger partial charge in [-0.05, 0) is 43.8 Å². The maximum atomic E-state index is 11.9. The lowest BCUT2D eigenvalue weighted by Gasteiger charge is -2.38. The van der Waals surface area contributed by atoms with E-state index in [0.717, 1.165) is 23.0 Å². The molecule has 0 radical (unpaired) electrons. The topological polar surface area (TPSA) is 38.8 Å². The predicted octanol–water partition coefficient (Wildman–Crippen LogP) is 2.94. The molecule has 1 heterocycles. The van der Waals surface area contributed by atoms with Crippen LogP contribution in [0.3, 0.4) is 0 Å². The minimum Gasteiger partial charge on any atom is -0.493 e. The molecule has 1 aliphatic heterocycles. The second-order valence-electron chi connectivity index (χ2n) is 5.98. The van der Waals surface area contributed by atoms with E-state index in [-0.39, 0.29) is 17.2 Å². The minimum absolute atomic E-state index is 0.152. The van der Waals surface area contributed by atoms with E-state index in [1.807, 2.05) is 12.1 Å². The van der Waals surface area contributed by atoms with Crippen molar-refractivity contribution in [2.24, 2.45) is 0 Å². The van der Waals surface area contributed by atoms with E-state index in [0.29, 0.717) is 17.9 Å². The molecule has 5 heteroatoms. The number of halogens is 1. The van der Waals surface area contributed by atoms with Gasteiger partial charge in [-0.3, -0.25) is 4.79 Å². The summed E-state index contributed by atoms with van der Waals surface area (Å²) < 4.78 is 11.8. The highest BCUT2D eigenvalue weighted by Gasteiger charge is 2.49. The van der Waals surface area contributed by atoms with Crippen LogP contribution in [0, 0.1) is 0 Å². The lowest BCUT2D eigenvalue weighted by atomic mass is 9.69. The van der Waals surface area contributed by atoms with Crippen molar-refractivity contribution in [3.63, 3.8) is 0 Å². The number of benzene rings is 1. The number of methoxy groups -OCH3 is 2. The lowest BCUT2D eigenvalue weighted by molar-refractivity contribution is -0.116. The van der Waals surface area contributed by atoms with Crippen molar-refractivity contribution in [1.82, 2.24) is 4.90 Å². The number of ether oxygens (including phenoxy) is 2. The number of ketones is 1. The van der Waals surface area contributed by atoms with E-state index >= 15 is 0 Å². The van der Waals surface area contributed by atoms with Crippen molar-refractivity contribution >= 4 is 21.7 Å². The van der Waals surface area contributed by atoms with Gasteiger partial charge in [0.1, 0.15) is 0 Å². The van der Waals surface area contributed by atoms with Crippen LogP contribution in [0.4, 0.5) is 0 Å². The molecule has 0 amide bonds. The summed E-state index contributed by atoms with van der Waals surface area (Å²) in [5, 5.41) is 0. The molecular weight excluding hydrogens is 346 g/mol. The van der Waals surface area contributed by atoms with Gasteiger partial charge in [-0.2, -0.15) is 0 Å². The molecule has 2 atom stereocenters. The number of rotatable bonds is 3. The van der Waals surface area contributed by atoms with Crippen LogP contribution in [-0.2, 0) is 10.2 Å². The van der Waals surface area contributed by atoms with E-state index < -0.39 is 0 Å². The second-order valence-corrected chi connectivity index (χ2v) is 6.83. The van der Waals surface area contributed by atoms with Gasteiger partial charge in [-0.1, -0.05) is 22.0 Å². The zero-order valence-corrected chi connectivity index (χ0v) is 14.6. The summed E-state index contributed by atoms with van der Waals surface area (Å²) in [6, 6.07) is 4.18. The van der Waals surface area contributed by atoms with E-state index in [1.54, 1.807) is 20.3 Å². The quantitative estimate of drug-likeness (QED) is 0.825. The van der Waals surface area contributed by atoms with Crippen LogP contribution in [-0.4, -0.2) is 44.5 Å². The van der Waals surface area contributed by atoms with Crippen LogP contribution >= 0.6 is 15.9 Å². The molecule has 2 aliphatic rings. The first kappa shape index (κ1) is 15.6. The third-order valence-corrected chi connectivity index (χ3v) is 5.60. The molecule has 0 spiro atoms. The minimum atomic E-state index is -0.152. The van der Waals surface area contributed by atoms with Crippen LogP contribution in [0.25, 0.3) is 0 Å². The molecule has 1 aromatic carbocycles. The van der Waals surface area contributed by atoms with Crippen molar-refractivity contribution in [2.75, 3.05) is 27.8 Å². The second kappa shape index (κ2) is 5.70. The first-order chi connectivity index (χ1) is 10.5. The van der Waals surface area contributed by atoms with E-state index in [9.17, 15) is 4.79 Å². The Bertz CT molecular complexity index is 643. The molecule has 0 N–H and O–H groups in total. The monoisotopic (exact) mass is 365 g/mol. The van der Waals surface area contributed by atoms with Crippen LogP contribution in [0.5, 0.6) is 11.5 Å². The Hall–Kier alpha value is -1.33. The molecule has 0 unspecified atom stereocenters. The highest BCUT2D eigenvalue weighted by molar-refractivity contribution is 9.10. The molecule has 4 nitrogen and oxygen atoms in total. The Morgan fingerprint density at radius 3 is 2.64 bits per heavy atom. The molecule has 1 aromatic rings. The van der Waals surface area contributed by atoms with Gasteiger partial charge in [-0.15, -0.1) is 0 Å². The zero-order valence-electron chi connectivity index (χ0n) is 13.1. The fourth-order valence-corrected chi connectivity index (χ4v) is 4.42. The third kappa shape index (κ3) is 2.27. The first-order valence-corrected chi connectivity index (χ1v) is 8.15. The van der Waals surface area contributed by atoms with Crippen LogP contribution in [0.15, 0.2) is 28.8 Å². The van der Waals surface area contributed by atoms with Gasteiger partial charge in [0, 0.05) is 22.4 Å². The summed E-state index contributed by atoms with van der Waals surface area (Å²) in [6.45, 7) is 0.975. The summed E-state index contributed by atoms with van der Waals surface area (Å²) in [5.74, 6) is 1.62. The van der Waals surface area contributed by atoms with Crippen molar-refractivity contribution in [1.29, 1.82) is 0 Å². The Morgan fingerprint density at radius 1 is 1.27 bits per heavy atom. The van der Waals surface area contributed by atoms with Gasteiger partial charge >= 0.3 is 0 Å². The smallest absolute Gasteiger partial charge is 0.161 e. The molecule has 3 rings (SSSR count). The third-order valence-electron chi connectivity index (χ3n) is 4.94. The number of nitrogens with zero attached hydrogens (tertiary/aromatic N) is 1. The Kier molecular flexibility index (Phi) is 4.03. The lowest BCUT2D eigenvalue weighted by Crippen LogP contribution is -2.43. The van der Waals surface area contributed by atoms with Gasteiger partial charge in [-0.25, -0.2) is 0 Å². The van der Waals surface area contributed by atoms with Crippen molar-refractivity contribution < 1.29 is 14.3 Å². The number of carbonyl (C=O) groups is 1. The largest absolute Gasteiger partial charge is 0.493 e. The maximum absolute atomic E-state index is 11.9. The molecule has 0 aromatic heterocycles. The highest BCUT2D eigenvalue weighted by atomic mass is 79.9. The molecule has 1 fully saturated rings. The van der Waals surface area contributed by atoms with Crippen LogP contribution in [0.1, 0.15) is 18.4 Å². The van der Waals surface area contributed by atoms with Crippen molar-refractivity contribution in [3.8, 4) is 11.5 Å². The van der Waals surface area contributed by atoms with E-state index in [2.05, 4.69) is 34.0 Å². The number of hydrogen-bond acceptors (Lipinski definition) is 4. The first-order valence-electron chi connectivity index (χ1n) is 7.36. The Morgan fingerprint density at radius 2 is 1.95 bits per heavy atom. The summed E-state index contributed by atoms with van der Waals surface area (Å²) >= 11 is 3.68. The van der Waals surface area contributed by atoms with Gasteiger partial charge in [0.2, 0.25) is 0 Å². The number of carbonyl (C=O) groups excluding carboxylic acids is 1. The number of likely N-dealkylation sites (tertiary alicyclic amines) is 1. The fourth-order valence-electron chi connectivity index (χ4n) is 3.72. The molecular formula is C17H20BrNO3. The summed E-state index contributed by atoms with van der Waals surface area (Å²) in [4.78, 5) is 14.1. The number of allylic oxidation sites excluding steroid dienone is 1. The van der Waals surface area contributed by atoms with E-state index in [4.69, 9.17) is 9.47 Å². The van der Waals surface area contributed by atoms with Gasteiger partial charge in [0.05, 0.1) is 14.2 Å². The number of likely N-dealkylation sites (N-methyl/N-ethyl adjacent to an activating group) is 1. The normalized spacial score (nSPS) is 27.8. The standard InChI is InChI=1S/C17H20BrNO3/c1-19-7-6-17(5-4-11(20)8-16(17)19)12-9-14(21-2)15(22-3)10-13(12)18/h4-5,9-10,16H,6-8H2,1-3H3/t16-,17-/m0/s1. The zero-order chi connectivity index (χ0) is 15.9. The Labute approximate surface area is 139 Å². The summed E-state index contributed by atoms with van der Waals surface area (Å²) in [7, 11) is 5.37. The molecule has 118 valence electrons. The average molecular weight is 366 g/mol. The molecule has 0 saturated carbocycles. The maximum Gasteiger partial charge on any atom is 0.161 e. The Balaban J connectivity index is 2.16. The molecule has 0 bridgehead atoms. The predicted molar refractivity (Wildman–Crippen MR) is 88.7 cm³/mol. The van der Waals surface area contributed by atoms with Crippen LogP contribution in [0.2, 0.25) is 0 Å². The van der Waals surface area contributed by atoms with Crippen molar-refractivity contribution in [2.45, 2.75) is 24.3 Å². The summed E-state index contributed by atoms with van der Waals surface area (Å²) in [6.07, 6.45) is 5.37. The van der Waals surface area contributed by atoms with Gasteiger partial charge in [0.15, 0.2) is 17.3 Å². The van der Waals surface area contributed by atoms with Gasteiger partial charge < -0.3 is 14.4 Å². The van der Waals surface area contributed by atoms with Gasteiger partial charge in [0.25, 0.3) is 0 Å².